The summed E-state index contributed by atoms with van der Waals surface area (Å²) in [6.07, 6.45) is 0.463. The maximum absolute atomic E-state index is 5.77. The third-order valence-corrected chi connectivity index (χ3v) is 2.71. The molecule has 0 atom stereocenters. The van der Waals surface area contributed by atoms with Gasteiger partial charge in [-0.05, 0) is 17.7 Å². The first-order chi connectivity index (χ1) is 7.95. The zero-order valence-electron chi connectivity index (χ0n) is 8.33. The molecular weight excluding hydrogens is 306 g/mol. The van der Waals surface area contributed by atoms with Gasteiger partial charge in [0.15, 0.2) is 0 Å². The number of hydrogen-bond acceptors (Lipinski definition) is 3. The fraction of sp³-hybridized carbons (Fsp3) is 0.200. The molecule has 0 bridgehead atoms. The molecule has 0 aliphatic rings. The van der Waals surface area contributed by atoms with E-state index >= 15 is 0 Å². The van der Waals surface area contributed by atoms with Crippen LogP contribution in [0.2, 0.25) is 5.02 Å². The topological polar surface area (TPSA) is 38.9 Å². The van der Waals surface area contributed by atoms with Gasteiger partial charge in [-0.3, -0.25) is 0 Å². The van der Waals surface area contributed by atoms with Crippen LogP contribution in [0.5, 0.6) is 0 Å². The molecule has 0 radical (unpaired) electrons. The number of nitrogens with zero attached hydrogens (tertiary/aromatic N) is 2. The quantitative estimate of drug-likeness (QED) is 0.782. The van der Waals surface area contributed by atoms with Crippen molar-refractivity contribution in [1.29, 1.82) is 0 Å². The molecule has 0 fully saturated rings. The normalized spacial score (nSPS) is 11.8. The second-order valence-electron chi connectivity index (χ2n) is 3.30. The average Bonchev–Trinajstić information content (AvgIpc) is 2.69. The fourth-order valence-electron chi connectivity index (χ4n) is 1.22. The van der Waals surface area contributed by atoms with Gasteiger partial charge in [-0.25, -0.2) is 0 Å². The third kappa shape index (κ3) is 3.49. The number of alkyl halides is 3. The lowest BCUT2D eigenvalue weighted by atomic mass is 10.1. The molecule has 1 heterocycles. The first kappa shape index (κ1) is 13.0. The van der Waals surface area contributed by atoms with Gasteiger partial charge < -0.3 is 4.42 Å². The van der Waals surface area contributed by atoms with Crippen LogP contribution in [0.4, 0.5) is 0 Å². The van der Waals surface area contributed by atoms with Crippen LogP contribution in [0, 0.1) is 0 Å². The van der Waals surface area contributed by atoms with Gasteiger partial charge in [-0.15, -0.1) is 10.2 Å². The van der Waals surface area contributed by atoms with E-state index in [-0.39, 0.29) is 5.89 Å². The molecular formula is C10H6Cl4N2O. The molecule has 3 nitrogen and oxygen atoms in total. The predicted octanol–water partition coefficient (Wildman–Crippen LogP) is 4.14. The van der Waals surface area contributed by atoms with Gasteiger partial charge in [0.25, 0.3) is 9.68 Å². The number of hydrogen-bond donors (Lipinski definition) is 0. The zero-order chi connectivity index (χ0) is 12.5. The lowest BCUT2D eigenvalue weighted by molar-refractivity contribution is 0.463. The molecule has 0 saturated heterocycles. The number of rotatable bonds is 2. The van der Waals surface area contributed by atoms with Crippen molar-refractivity contribution >= 4 is 46.4 Å². The van der Waals surface area contributed by atoms with E-state index in [0.717, 1.165) is 5.56 Å². The predicted molar refractivity (Wildman–Crippen MR) is 67.8 cm³/mol. The summed E-state index contributed by atoms with van der Waals surface area (Å²) in [6.45, 7) is 0. The minimum atomic E-state index is -1.69. The van der Waals surface area contributed by atoms with Gasteiger partial charge in [0.05, 0.1) is 6.42 Å². The smallest absolute Gasteiger partial charge is 0.268 e. The number of benzene rings is 1. The van der Waals surface area contributed by atoms with Crippen LogP contribution in [0.25, 0.3) is 0 Å². The Morgan fingerprint density at radius 1 is 1.06 bits per heavy atom. The molecule has 0 unspecified atom stereocenters. The first-order valence-electron chi connectivity index (χ1n) is 4.59. The Morgan fingerprint density at radius 2 is 1.71 bits per heavy atom. The van der Waals surface area contributed by atoms with Crippen molar-refractivity contribution in [1.82, 2.24) is 10.2 Å². The lowest BCUT2D eigenvalue weighted by Crippen LogP contribution is -1.99. The van der Waals surface area contributed by atoms with Crippen molar-refractivity contribution in [2.45, 2.75) is 10.2 Å². The fourth-order valence-corrected chi connectivity index (χ4v) is 1.57. The van der Waals surface area contributed by atoms with E-state index in [2.05, 4.69) is 10.2 Å². The van der Waals surface area contributed by atoms with Crippen LogP contribution in [0.15, 0.2) is 28.7 Å². The molecule has 0 aliphatic carbocycles. The Balaban J connectivity index is 2.14. The van der Waals surface area contributed by atoms with E-state index in [0.29, 0.717) is 17.3 Å². The molecule has 17 heavy (non-hydrogen) atoms. The number of aromatic nitrogens is 2. The summed E-state index contributed by atoms with van der Waals surface area (Å²) in [4.78, 5) is 0. The summed E-state index contributed by atoms with van der Waals surface area (Å²) < 4.78 is 3.54. The van der Waals surface area contributed by atoms with E-state index in [4.69, 9.17) is 50.8 Å². The molecule has 90 valence electrons. The maximum Gasteiger partial charge on any atom is 0.268 e. The van der Waals surface area contributed by atoms with Crippen LogP contribution < -0.4 is 0 Å². The molecule has 2 rings (SSSR count). The van der Waals surface area contributed by atoms with Gasteiger partial charge in [0.2, 0.25) is 5.89 Å². The summed E-state index contributed by atoms with van der Waals surface area (Å²) in [7, 11) is 0. The van der Waals surface area contributed by atoms with Crippen molar-refractivity contribution in [3.8, 4) is 0 Å². The number of halogens is 4. The van der Waals surface area contributed by atoms with Gasteiger partial charge >= 0.3 is 0 Å². The molecule has 0 aliphatic heterocycles. The Kier molecular flexibility index (Phi) is 3.83. The highest BCUT2D eigenvalue weighted by Crippen LogP contribution is 2.37. The Morgan fingerprint density at radius 3 is 2.24 bits per heavy atom. The lowest BCUT2D eigenvalue weighted by Gasteiger charge is -2.02. The summed E-state index contributed by atoms with van der Waals surface area (Å²) in [5.41, 5.74) is 0.980. The highest BCUT2D eigenvalue weighted by atomic mass is 35.6. The molecule has 0 N–H and O–H groups in total. The van der Waals surface area contributed by atoms with Crippen LogP contribution in [-0.2, 0) is 10.2 Å². The van der Waals surface area contributed by atoms with Crippen LogP contribution in [-0.4, -0.2) is 10.2 Å². The Labute approximate surface area is 118 Å². The Hall–Kier alpha value is -0.480. The highest BCUT2D eigenvalue weighted by molar-refractivity contribution is 6.66. The molecule has 0 amide bonds. The highest BCUT2D eigenvalue weighted by Gasteiger charge is 2.30. The molecule has 7 heteroatoms. The maximum atomic E-state index is 5.77. The summed E-state index contributed by atoms with van der Waals surface area (Å²) >= 11 is 22.6. The third-order valence-electron chi connectivity index (χ3n) is 1.98. The molecule has 2 aromatic rings. The van der Waals surface area contributed by atoms with E-state index in [1.807, 2.05) is 12.1 Å². The van der Waals surface area contributed by atoms with Gasteiger partial charge in [0, 0.05) is 5.02 Å². The molecule has 1 aromatic heterocycles. The molecule has 0 saturated carbocycles. The van der Waals surface area contributed by atoms with Crippen LogP contribution in [0.1, 0.15) is 17.3 Å². The van der Waals surface area contributed by atoms with E-state index in [9.17, 15) is 0 Å². The molecule has 0 spiro atoms. The summed E-state index contributed by atoms with van der Waals surface area (Å²) in [5.74, 6) is 0.347. The summed E-state index contributed by atoms with van der Waals surface area (Å²) in [5, 5.41) is 8.13. The largest absolute Gasteiger partial charge is 0.420 e. The SMILES string of the molecule is Clc1ccc(Cc2nnc(C(Cl)(Cl)Cl)o2)cc1. The van der Waals surface area contributed by atoms with Gasteiger partial charge in [-0.1, -0.05) is 58.5 Å². The van der Waals surface area contributed by atoms with Gasteiger partial charge in [0.1, 0.15) is 0 Å². The van der Waals surface area contributed by atoms with Crippen molar-refractivity contribution in [2.75, 3.05) is 0 Å². The zero-order valence-corrected chi connectivity index (χ0v) is 11.4. The van der Waals surface area contributed by atoms with Crippen LogP contribution in [0.3, 0.4) is 0 Å². The second kappa shape index (κ2) is 5.02. The first-order valence-corrected chi connectivity index (χ1v) is 6.10. The average molecular weight is 312 g/mol. The molecule has 1 aromatic carbocycles. The van der Waals surface area contributed by atoms with E-state index in [1.54, 1.807) is 12.1 Å². The van der Waals surface area contributed by atoms with E-state index in [1.165, 1.54) is 0 Å². The van der Waals surface area contributed by atoms with E-state index < -0.39 is 3.79 Å². The second-order valence-corrected chi connectivity index (χ2v) is 6.02. The minimum absolute atomic E-state index is 0.0357. The summed E-state index contributed by atoms with van der Waals surface area (Å²) in [6, 6.07) is 7.29. The Bertz CT molecular complexity index is 504. The van der Waals surface area contributed by atoms with Crippen molar-refractivity contribution < 1.29 is 4.42 Å². The minimum Gasteiger partial charge on any atom is -0.420 e. The van der Waals surface area contributed by atoms with Crippen molar-refractivity contribution in [2.24, 2.45) is 0 Å². The standard InChI is InChI=1S/C10H6Cl4N2O/c11-7-3-1-6(2-4-7)5-8-15-16-9(17-8)10(12,13)14/h1-4H,5H2. The van der Waals surface area contributed by atoms with Crippen LogP contribution >= 0.6 is 46.4 Å². The van der Waals surface area contributed by atoms with Crippen molar-refractivity contribution in [3.63, 3.8) is 0 Å². The van der Waals surface area contributed by atoms with Gasteiger partial charge in [-0.2, -0.15) is 0 Å². The van der Waals surface area contributed by atoms with Crippen molar-refractivity contribution in [3.05, 3.63) is 46.6 Å². The monoisotopic (exact) mass is 310 g/mol.